The molecule has 3 aromatic rings. The Morgan fingerprint density at radius 1 is 1.24 bits per heavy atom. The predicted octanol–water partition coefficient (Wildman–Crippen LogP) is 2.60. The molecule has 0 saturated carbocycles. The molecule has 0 unspecified atom stereocenters. The normalized spacial score (nSPS) is 17.2. The number of nitrogens with one attached hydrogen (secondary N) is 1. The Morgan fingerprint density at radius 2 is 2.08 bits per heavy atom. The minimum atomic E-state index is -0.510. The molecule has 25 heavy (non-hydrogen) atoms. The van der Waals surface area contributed by atoms with Crippen LogP contribution in [0.2, 0.25) is 0 Å². The fourth-order valence-electron chi connectivity index (χ4n) is 3.10. The van der Waals surface area contributed by atoms with E-state index in [-0.39, 0.29) is 11.8 Å². The maximum atomic E-state index is 12.9. The summed E-state index contributed by atoms with van der Waals surface area (Å²) in [5.74, 6) is 0.106. The number of pyridine rings is 2. The molecular formula is C18H16FN5O. The zero-order chi connectivity index (χ0) is 17.2. The maximum absolute atomic E-state index is 12.9. The SMILES string of the molecule is O=C1[C@@H](Cc2ccc(F)nc2)CCN1c1cc(-c2ccncc2)n[nH]1. The van der Waals surface area contributed by atoms with Crippen molar-refractivity contribution in [3.8, 4) is 11.3 Å². The molecule has 7 heteroatoms. The van der Waals surface area contributed by atoms with Crippen LogP contribution in [0.3, 0.4) is 0 Å². The Labute approximate surface area is 143 Å². The molecule has 4 rings (SSSR count). The number of hydrogen-bond acceptors (Lipinski definition) is 4. The van der Waals surface area contributed by atoms with Crippen molar-refractivity contribution in [2.75, 3.05) is 11.4 Å². The standard InChI is InChI=1S/C18H16FN5O/c19-16-2-1-12(11-21-16)9-14-5-8-24(18(14)25)17-10-15(22-23-17)13-3-6-20-7-4-13/h1-4,6-7,10-11,14H,5,8-9H2,(H,22,23)/t14-/m1/s1. The molecule has 3 aromatic heterocycles. The number of carbonyl (C=O) groups excluding carboxylic acids is 1. The van der Waals surface area contributed by atoms with Gasteiger partial charge in [0.15, 0.2) is 0 Å². The lowest BCUT2D eigenvalue weighted by Gasteiger charge is -2.14. The molecule has 0 aromatic carbocycles. The molecule has 0 spiro atoms. The predicted molar refractivity (Wildman–Crippen MR) is 90.2 cm³/mol. The third kappa shape index (κ3) is 3.13. The molecular weight excluding hydrogens is 321 g/mol. The van der Waals surface area contributed by atoms with Crippen LogP contribution in [0.25, 0.3) is 11.3 Å². The Kier molecular flexibility index (Phi) is 3.97. The largest absolute Gasteiger partial charge is 0.297 e. The smallest absolute Gasteiger partial charge is 0.231 e. The number of carbonyl (C=O) groups is 1. The summed E-state index contributed by atoms with van der Waals surface area (Å²) in [7, 11) is 0. The number of H-pyrrole nitrogens is 1. The number of aromatic nitrogens is 4. The van der Waals surface area contributed by atoms with Crippen LogP contribution < -0.4 is 4.90 Å². The van der Waals surface area contributed by atoms with Gasteiger partial charge in [0.2, 0.25) is 11.9 Å². The second-order valence-electron chi connectivity index (χ2n) is 6.04. The monoisotopic (exact) mass is 337 g/mol. The molecule has 4 heterocycles. The number of anilines is 1. The van der Waals surface area contributed by atoms with Gasteiger partial charge in [0.1, 0.15) is 5.82 Å². The lowest BCUT2D eigenvalue weighted by atomic mass is 9.99. The molecule has 0 bridgehead atoms. The summed E-state index contributed by atoms with van der Waals surface area (Å²) < 4.78 is 12.9. The molecule has 1 saturated heterocycles. The summed E-state index contributed by atoms with van der Waals surface area (Å²) in [6.45, 7) is 0.635. The van der Waals surface area contributed by atoms with Gasteiger partial charge in [-0.25, -0.2) is 4.98 Å². The van der Waals surface area contributed by atoms with Crippen LogP contribution in [0.4, 0.5) is 10.2 Å². The fourth-order valence-corrected chi connectivity index (χ4v) is 3.10. The van der Waals surface area contributed by atoms with Gasteiger partial charge in [-0.1, -0.05) is 6.07 Å². The van der Waals surface area contributed by atoms with Crippen LogP contribution in [0.15, 0.2) is 48.9 Å². The van der Waals surface area contributed by atoms with Crippen molar-refractivity contribution in [1.82, 2.24) is 20.2 Å². The quantitative estimate of drug-likeness (QED) is 0.743. The summed E-state index contributed by atoms with van der Waals surface area (Å²) in [5.41, 5.74) is 2.58. The van der Waals surface area contributed by atoms with E-state index in [4.69, 9.17) is 0 Å². The van der Waals surface area contributed by atoms with E-state index >= 15 is 0 Å². The summed E-state index contributed by atoms with van der Waals surface area (Å²) in [4.78, 5) is 22.1. The highest BCUT2D eigenvalue weighted by Gasteiger charge is 2.33. The summed E-state index contributed by atoms with van der Waals surface area (Å²) in [6.07, 6.45) is 6.21. The molecule has 1 aliphatic heterocycles. The van der Waals surface area contributed by atoms with Gasteiger partial charge in [0, 0.05) is 42.7 Å². The average molecular weight is 337 g/mol. The average Bonchev–Trinajstić information content (AvgIpc) is 3.25. The van der Waals surface area contributed by atoms with E-state index in [1.165, 1.54) is 12.3 Å². The third-order valence-corrected chi connectivity index (χ3v) is 4.42. The molecule has 1 aliphatic rings. The van der Waals surface area contributed by atoms with Crippen molar-refractivity contribution in [2.45, 2.75) is 12.8 Å². The van der Waals surface area contributed by atoms with Crippen molar-refractivity contribution in [2.24, 2.45) is 5.92 Å². The van der Waals surface area contributed by atoms with Crippen LogP contribution in [-0.4, -0.2) is 32.6 Å². The van der Waals surface area contributed by atoms with Crippen molar-refractivity contribution in [3.63, 3.8) is 0 Å². The van der Waals surface area contributed by atoms with Gasteiger partial charge in [0.05, 0.1) is 5.69 Å². The number of halogens is 1. The molecule has 1 atom stereocenters. The molecule has 126 valence electrons. The van der Waals surface area contributed by atoms with Gasteiger partial charge in [-0.15, -0.1) is 0 Å². The van der Waals surface area contributed by atoms with E-state index in [0.29, 0.717) is 18.8 Å². The topological polar surface area (TPSA) is 74.8 Å². The Morgan fingerprint density at radius 3 is 2.84 bits per heavy atom. The maximum Gasteiger partial charge on any atom is 0.231 e. The van der Waals surface area contributed by atoms with Gasteiger partial charge in [0.25, 0.3) is 0 Å². The van der Waals surface area contributed by atoms with Crippen LogP contribution in [0.5, 0.6) is 0 Å². The zero-order valence-electron chi connectivity index (χ0n) is 13.4. The molecule has 1 N–H and O–H groups in total. The lowest BCUT2D eigenvalue weighted by Crippen LogP contribution is -2.28. The van der Waals surface area contributed by atoms with Gasteiger partial charge < -0.3 is 0 Å². The number of nitrogens with zero attached hydrogens (tertiary/aromatic N) is 4. The zero-order valence-corrected chi connectivity index (χ0v) is 13.4. The lowest BCUT2D eigenvalue weighted by molar-refractivity contribution is -0.120. The highest BCUT2D eigenvalue weighted by atomic mass is 19.1. The van der Waals surface area contributed by atoms with E-state index in [9.17, 15) is 9.18 Å². The first-order chi connectivity index (χ1) is 12.2. The second kappa shape index (κ2) is 6.43. The van der Waals surface area contributed by atoms with Crippen LogP contribution in [-0.2, 0) is 11.2 Å². The number of amides is 1. The molecule has 1 amide bonds. The van der Waals surface area contributed by atoms with Gasteiger partial charge in [-0.3, -0.25) is 19.8 Å². The van der Waals surface area contributed by atoms with Crippen LogP contribution in [0.1, 0.15) is 12.0 Å². The van der Waals surface area contributed by atoms with Gasteiger partial charge >= 0.3 is 0 Å². The Bertz CT molecular complexity index is 878. The van der Waals surface area contributed by atoms with E-state index in [1.807, 2.05) is 18.2 Å². The molecule has 6 nitrogen and oxygen atoms in total. The van der Waals surface area contributed by atoms with Gasteiger partial charge in [-0.2, -0.15) is 9.49 Å². The van der Waals surface area contributed by atoms with Crippen molar-refractivity contribution >= 4 is 11.7 Å². The highest BCUT2D eigenvalue weighted by Crippen LogP contribution is 2.28. The molecule has 0 aliphatic carbocycles. The first-order valence-corrected chi connectivity index (χ1v) is 8.08. The number of aromatic amines is 1. The van der Waals surface area contributed by atoms with E-state index in [2.05, 4.69) is 20.2 Å². The van der Waals surface area contributed by atoms with E-state index < -0.39 is 5.95 Å². The summed E-state index contributed by atoms with van der Waals surface area (Å²) >= 11 is 0. The Hall–Kier alpha value is -3.09. The number of rotatable bonds is 4. The molecule has 0 radical (unpaired) electrons. The van der Waals surface area contributed by atoms with Crippen LogP contribution in [0, 0.1) is 11.9 Å². The van der Waals surface area contributed by atoms with E-state index in [0.717, 1.165) is 23.2 Å². The van der Waals surface area contributed by atoms with Crippen LogP contribution >= 0.6 is 0 Å². The van der Waals surface area contributed by atoms with Gasteiger partial charge in [-0.05, 0) is 36.6 Å². The van der Waals surface area contributed by atoms with Crippen molar-refractivity contribution in [1.29, 1.82) is 0 Å². The highest BCUT2D eigenvalue weighted by molar-refractivity contribution is 5.96. The third-order valence-electron chi connectivity index (χ3n) is 4.42. The summed E-state index contributed by atoms with van der Waals surface area (Å²) in [5, 5.41) is 7.23. The van der Waals surface area contributed by atoms with Crippen molar-refractivity contribution < 1.29 is 9.18 Å². The Balaban J connectivity index is 1.48. The fraction of sp³-hybridized carbons (Fsp3) is 0.222. The molecule has 1 fully saturated rings. The minimum Gasteiger partial charge on any atom is -0.297 e. The summed E-state index contributed by atoms with van der Waals surface area (Å²) in [6, 6.07) is 8.61. The van der Waals surface area contributed by atoms with Crippen molar-refractivity contribution in [3.05, 3.63) is 60.4 Å². The second-order valence-corrected chi connectivity index (χ2v) is 6.04. The number of hydrogen-bond donors (Lipinski definition) is 1. The first-order valence-electron chi connectivity index (χ1n) is 8.08. The first kappa shape index (κ1) is 15.4. The minimum absolute atomic E-state index is 0.0502. The van der Waals surface area contributed by atoms with E-state index in [1.54, 1.807) is 23.4 Å².